The smallest absolute Gasteiger partial charge is 0.320 e. The van der Waals surface area contributed by atoms with Gasteiger partial charge in [-0.3, -0.25) is 10.2 Å². The lowest BCUT2D eigenvalue weighted by Gasteiger charge is -2.39. The van der Waals surface area contributed by atoms with E-state index < -0.39 is 15.9 Å². The minimum atomic E-state index is -3.87. The Kier molecular flexibility index (Phi) is 7.86. The molecular weight excluding hydrogens is 526 g/mol. The second kappa shape index (κ2) is 11.5. The van der Waals surface area contributed by atoms with E-state index in [-0.39, 0.29) is 22.5 Å². The lowest BCUT2D eigenvalue weighted by molar-refractivity contribution is 0.0940. The van der Waals surface area contributed by atoms with Crippen molar-refractivity contribution in [1.82, 2.24) is 30.0 Å². The van der Waals surface area contributed by atoms with Crippen LogP contribution in [0.3, 0.4) is 0 Å². The van der Waals surface area contributed by atoms with Crippen LogP contribution in [0.5, 0.6) is 0 Å². The summed E-state index contributed by atoms with van der Waals surface area (Å²) in [6.45, 7) is 4.09. The van der Waals surface area contributed by atoms with Gasteiger partial charge < -0.3 is 14.7 Å². The number of amides is 3. The maximum atomic E-state index is 13.1. The summed E-state index contributed by atoms with van der Waals surface area (Å²) in [5.41, 5.74) is 2.38. The van der Waals surface area contributed by atoms with Gasteiger partial charge in [-0.1, -0.05) is 24.3 Å². The highest BCUT2D eigenvalue weighted by Crippen LogP contribution is 2.31. The Morgan fingerprint density at radius 2 is 1.58 bits per heavy atom. The van der Waals surface area contributed by atoms with Crippen LogP contribution in [0.25, 0.3) is 0 Å². The quantitative estimate of drug-likeness (QED) is 0.447. The molecule has 2 fully saturated rings. The van der Waals surface area contributed by atoms with Gasteiger partial charge >= 0.3 is 6.03 Å². The molecule has 3 amide bonds. The number of carbonyl (C=O) groups excluding carboxylic acids is 2. The maximum Gasteiger partial charge on any atom is 0.320 e. The molecule has 2 N–H and O–H groups in total. The van der Waals surface area contributed by atoms with E-state index in [1.165, 1.54) is 23.5 Å². The number of thiazole rings is 1. The normalized spacial score (nSPS) is 16.9. The number of aromatic nitrogens is 2. The number of piperidine rings is 1. The number of hydrazine groups is 1. The Labute approximate surface area is 225 Å². The highest BCUT2D eigenvalue weighted by molar-refractivity contribution is 7.89. The van der Waals surface area contributed by atoms with Gasteiger partial charge in [-0.15, -0.1) is 16.2 Å². The molecule has 2 aliphatic heterocycles. The molecule has 0 radical (unpaired) electrons. The third-order valence-electron chi connectivity index (χ3n) is 6.75. The molecule has 0 atom stereocenters. The number of pyridine rings is 1. The Morgan fingerprint density at radius 1 is 0.895 bits per heavy atom. The SMILES string of the molecule is O=C(NNS(=O)(=O)c1ccccc1)c1csc(C2CCN(C(=O)N3CCN(c4ccccn4)CC3)CC2)n1. The standard InChI is InChI=1S/C25H29N7O4S2/c33-23(28-29-38(35,36)20-6-2-1-3-7-20)21-18-37-24(27-21)19-9-12-31(13-10-19)25(34)32-16-14-30(15-17-32)22-8-4-5-11-26-22/h1-8,11,18-19,29H,9-10,12-17H2,(H,28,33). The van der Waals surface area contributed by atoms with Crippen LogP contribution in [0.1, 0.15) is 34.3 Å². The van der Waals surface area contributed by atoms with E-state index in [1.54, 1.807) is 29.8 Å². The van der Waals surface area contributed by atoms with Gasteiger partial charge in [0.2, 0.25) is 0 Å². The van der Waals surface area contributed by atoms with Gasteiger partial charge in [0.05, 0.1) is 9.90 Å². The lowest BCUT2D eigenvalue weighted by Crippen LogP contribution is -2.54. The van der Waals surface area contributed by atoms with Crippen LogP contribution in [-0.2, 0) is 10.0 Å². The van der Waals surface area contributed by atoms with Crippen molar-refractivity contribution in [3.8, 4) is 0 Å². The van der Waals surface area contributed by atoms with Crippen molar-refractivity contribution >= 4 is 39.1 Å². The summed E-state index contributed by atoms with van der Waals surface area (Å²) in [6.07, 6.45) is 3.30. The van der Waals surface area contributed by atoms with Crippen molar-refractivity contribution < 1.29 is 18.0 Å². The van der Waals surface area contributed by atoms with E-state index in [4.69, 9.17) is 0 Å². The molecule has 11 nitrogen and oxygen atoms in total. The molecule has 13 heteroatoms. The zero-order chi connectivity index (χ0) is 26.5. The number of hydrogen-bond donors (Lipinski definition) is 2. The molecule has 0 aliphatic carbocycles. The summed E-state index contributed by atoms with van der Waals surface area (Å²) in [6, 6.07) is 13.7. The summed E-state index contributed by atoms with van der Waals surface area (Å²) >= 11 is 1.38. The van der Waals surface area contributed by atoms with E-state index in [9.17, 15) is 18.0 Å². The molecule has 3 aromatic rings. The summed E-state index contributed by atoms with van der Waals surface area (Å²) in [5, 5.41) is 2.44. The van der Waals surface area contributed by atoms with Gasteiger partial charge in [-0.25, -0.2) is 23.2 Å². The first-order valence-electron chi connectivity index (χ1n) is 12.4. The molecule has 0 saturated carbocycles. The number of likely N-dealkylation sites (tertiary alicyclic amines) is 1. The van der Waals surface area contributed by atoms with Crippen LogP contribution >= 0.6 is 11.3 Å². The van der Waals surface area contributed by atoms with Crippen molar-refractivity contribution in [2.24, 2.45) is 0 Å². The molecular formula is C25H29N7O4S2. The largest absolute Gasteiger partial charge is 0.353 e. The Balaban J connectivity index is 1.09. The zero-order valence-electron chi connectivity index (χ0n) is 20.7. The van der Waals surface area contributed by atoms with Gasteiger partial charge in [0.15, 0.2) is 0 Å². The lowest BCUT2D eigenvalue weighted by atomic mass is 9.98. The minimum absolute atomic E-state index is 0.0515. The van der Waals surface area contributed by atoms with Crippen LogP contribution in [0.2, 0.25) is 0 Å². The Morgan fingerprint density at radius 3 is 2.26 bits per heavy atom. The fourth-order valence-corrected chi connectivity index (χ4v) is 6.43. The molecule has 4 heterocycles. The van der Waals surface area contributed by atoms with Crippen LogP contribution in [0.15, 0.2) is 65.0 Å². The fourth-order valence-electron chi connectivity index (χ4n) is 4.60. The zero-order valence-corrected chi connectivity index (χ0v) is 22.3. The number of nitrogens with one attached hydrogen (secondary N) is 2. The van der Waals surface area contributed by atoms with Gasteiger partial charge in [-0.2, -0.15) is 0 Å². The predicted molar refractivity (Wildman–Crippen MR) is 143 cm³/mol. The van der Waals surface area contributed by atoms with Crippen molar-refractivity contribution in [2.75, 3.05) is 44.2 Å². The molecule has 0 spiro atoms. The Bertz CT molecular complexity index is 1350. The molecule has 1 aromatic carbocycles. The summed E-state index contributed by atoms with van der Waals surface area (Å²) in [7, 11) is -3.87. The predicted octanol–water partition coefficient (Wildman–Crippen LogP) is 2.28. The third kappa shape index (κ3) is 5.95. The highest BCUT2D eigenvalue weighted by Gasteiger charge is 2.30. The van der Waals surface area contributed by atoms with E-state index in [2.05, 4.69) is 25.1 Å². The van der Waals surface area contributed by atoms with Crippen LogP contribution < -0.4 is 15.2 Å². The first kappa shape index (κ1) is 26.1. The average Bonchev–Trinajstić information content (AvgIpc) is 3.47. The number of benzene rings is 1. The molecule has 2 aromatic heterocycles. The topological polar surface area (TPSA) is 128 Å². The van der Waals surface area contributed by atoms with E-state index >= 15 is 0 Å². The number of sulfonamides is 1. The summed E-state index contributed by atoms with van der Waals surface area (Å²) < 4.78 is 24.6. The average molecular weight is 556 g/mol. The second-order valence-electron chi connectivity index (χ2n) is 9.15. The molecule has 38 heavy (non-hydrogen) atoms. The second-order valence-corrected chi connectivity index (χ2v) is 11.7. The van der Waals surface area contributed by atoms with Crippen molar-refractivity contribution in [1.29, 1.82) is 0 Å². The van der Waals surface area contributed by atoms with Crippen LogP contribution in [0.4, 0.5) is 10.6 Å². The monoisotopic (exact) mass is 555 g/mol. The van der Waals surface area contributed by atoms with Crippen LogP contribution in [-0.4, -0.2) is 79.4 Å². The molecule has 2 aliphatic rings. The number of urea groups is 1. The first-order valence-corrected chi connectivity index (χ1v) is 14.8. The van der Waals surface area contributed by atoms with Gasteiger partial charge in [0.1, 0.15) is 11.5 Å². The van der Waals surface area contributed by atoms with Gasteiger partial charge in [0, 0.05) is 56.8 Å². The van der Waals surface area contributed by atoms with E-state index in [1.807, 2.05) is 28.0 Å². The molecule has 0 bridgehead atoms. The van der Waals surface area contributed by atoms with Gasteiger partial charge in [0.25, 0.3) is 15.9 Å². The van der Waals surface area contributed by atoms with E-state index in [0.29, 0.717) is 26.2 Å². The summed E-state index contributed by atoms with van der Waals surface area (Å²) in [4.78, 5) is 42.6. The number of hydrogen-bond acceptors (Lipinski definition) is 8. The number of anilines is 1. The molecule has 5 rings (SSSR count). The van der Waals surface area contributed by atoms with Crippen molar-refractivity contribution in [3.63, 3.8) is 0 Å². The number of nitrogens with zero attached hydrogens (tertiary/aromatic N) is 5. The highest BCUT2D eigenvalue weighted by atomic mass is 32.2. The minimum Gasteiger partial charge on any atom is -0.353 e. The molecule has 0 unspecified atom stereocenters. The van der Waals surface area contributed by atoms with Crippen molar-refractivity contribution in [3.05, 3.63) is 70.8 Å². The number of rotatable bonds is 6. The first-order chi connectivity index (χ1) is 18.4. The maximum absolute atomic E-state index is 13.1. The van der Waals surface area contributed by atoms with E-state index in [0.717, 1.165) is 36.8 Å². The number of carbonyl (C=O) groups is 2. The van der Waals surface area contributed by atoms with Gasteiger partial charge in [-0.05, 0) is 37.1 Å². The number of piperazine rings is 1. The molecule has 200 valence electrons. The Hall–Kier alpha value is -3.55. The fraction of sp³-hybridized carbons (Fsp3) is 0.360. The molecule has 2 saturated heterocycles. The van der Waals surface area contributed by atoms with Crippen molar-refractivity contribution in [2.45, 2.75) is 23.7 Å². The summed E-state index contributed by atoms with van der Waals surface area (Å²) in [5.74, 6) is 0.461. The van der Waals surface area contributed by atoms with Crippen LogP contribution in [0, 0.1) is 0 Å². The third-order valence-corrected chi connectivity index (χ3v) is 9.02.